The summed E-state index contributed by atoms with van der Waals surface area (Å²) in [7, 11) is 1.84. The van der Waals surface area contributed by atoms with Crippen molar-refractivity contribution < 1.29 is 0 Å². The first-order valence-electron chi connectivity index (χ1n) is 8.14. The summed E-state index contributed by atoms with van der Waals surface area (Å²) < 4.78 is 2.03. The van der Waals surface area contributed by atoms with Crippen LogP contribution in [0.5, 0.6) is 0 Å². The van der Waals surface area contributed by atoms with E-state index >= 15 is 0 Å². The summed E-state index contributed by atoms with van der Waals surface area (Å²) in [6, 6.07) is 5.94. The SMILES string of the molecule is CN=C(NCCc1nnc2ccccn12)N1CC(C)(C)C1(C)C. The number of rotatable bonds is 3. The lowest BCUT2D eigenvalue weighted by Gasteiger charge is -2.62. The van der Waals surface area contributed by atoms with Crippen molar-refractivity contribution in [2.75, 3.05) is 20.1 Å². The van der Waals surface area contributed by atoms with E-state index in [2.05, 4.69) is 53.1 Å². The predicted molar refractivity (Wildman–Crippen MR) is 92.6 cm³/mol. The summed E-state index contributed by atoms with van der Waals surface area (Å²) in [5, 5.41) is 11.9. The Labute approximate surface area is 137 Å². The van der Waals surface area contributed by atoms with Crippen molar-refractivity contribution in [1.29, 1.82) is 0 Å². The van der Waals surface area contributed by atoms with Crippen molar-refractivity contribution >= 4 is 11.6 Å². The number of nitrogens with zero attached hydrogens (tertiary/aromatic N) is 5. The maximum atomic E-state index is 4.44. The Hall–Kier alpha value is -2.11. The average molecular weight is 314 g/mol. The summed E-state index contributed by atoms with van der Waals surface area (Å²) in [4.78, 5) is 6.78. The Morgan fingerprint density at radius 1 is 1.26 bits per heavy atom. The van der Waals surface area contributed by atoms with E-state index in [0.29, 0.717) is 5.41 Å². The van der Waals surface area contributed by atoms with Gasteiger partial charge in [0.15, 0.2) is 11.6 Å². The molecule has 6 heteroatoms. The highest BCUT2D eigenvalue weighted by Gasteiger charge is 2.53. The van der Waals surface area contributed by atoms with Crippen LogP contribution in [-0.4, -0.2) is 51.1 Å². The van der Waals surface area contributed by atoms with Gasteiger partial charge < -0.3 is 10.2 Å². The lowest BCUT2D eigenvalue weighted by Crippen LogP contribution is -2.72. The largest absolute Gasteiger partial charge is 0.356 e. The van der Waals surface area contributed by atoms with Gasteiger partial charge in [-0.1, -0.05) is 19.9 Å². The number of aliphatic imine (C=N–C) groups is 1. The predicted octanol–water partition coefficient (Wildman–Crippen LogP) is 1.97. The minimum absolute atomic E-state index is 0.108. The third kappa shape index (κ3) is 2.56. The molecule has 0 bridgehead atoms. The molecule has 23 heavy (non-hydrogen) atoms. The van der Waals surface area contributed by atoms with Crippen LogP contribution in [-0.2, 0) is 6.42 Å². The van der Waals surface area contributed by atoms with Gasteiger partial charge in [-0.25, -0.2) is 0 Å². The molecule has 1 aliphatic heterocycles. The number of likely N-dealkylation sites (tertiary alicyclic amines) is 1. The molecule has 0 radical (unpaired) electrons. The van der Waals surface area contributed by atoms with Gasteiger partial charge in [-0.05, 0) is 26.0 Å². The van der Waals surface area contributed by atoms with Gasteiger partial charge in [-0.2, -0.15) is 0 Å². The first-order chi connectivity index (χ1) is 10.9. The zero-order valence-corrected chi connectivity index (χ0v) is 14.7. The smallest absolute Gasteiger partial charge is 0.194 e. The normalized spacial score (nSPS) is 19.7. The van der Waals surface area contributed by atoms with Crippen LogP contribution >= 0.6 is 0 Å². The second kappa shape index (κ2) is 5.51. The molecule has 3 heterocycles. The Bertz CT molecular complexity index is 728. The number of hydrogen-bond acceptors (Lipinski definition) is 3. The van der Waals surface area contributed by atoms with Crippen molar-refractivity contribution in [3.63, 3.8) is 0 Å². The molecule has 2 aromatic rings. The summed E-state index contributed by atoms with van der Waals surface area (Å²) in [5.74, 6) is 1.93. The molecule has 0 saturated carbocycles. The lowest BCUT2D eigenvalue weighted by molar-refractivity contribution is -0.0666. The molecule has 6 nitrogen and oxygen atoms in total. The third-order valence-corrected chi connectivity index (χ3v) is 5.37. The van der Waals surface area contributed by atoms with Gasteiger partial charge in [0.05, 0.1) is 0 Å². The van der Waals surface area contributed by atoms with Gasteiger partial charge in [-0.3, -0.25) is 9.39 Å². The molecular formula is C17H26N6. The fraction of sp³-hybridized carbons (Fsp3) is 0.588. The maximum absolute atomic E-state index is 4.44. The minimum Gasteiger partial charge on any atom is -0.356 e. The lowest BCUT2D eigenvalue weighted by atomic mass is 9.65. The standard InChI is InChI=1S/C17H26N6/c1-16(2)12-23(17(16,3)4)15(18-5)19-10-9-14-21-20-13-8-6-7-11-22(13)14/h6-8,11H,9-10,12H2,1-5H3,(H,18,19). The maximum Gasteiger partial charge on any atom is 0.194 e. The van der Waals surface area contributed by atoms with E-state index in [1.54, 1.807) is 0 Å². The van der Waals surface area contributed by atoms with Crippen LogP contribution in [0.2, 0.25) is 0 Å². The topological polar surface area (TPSA) is 57.8 Å². The summed E-state index contributed by atoms with van der Waals surface area (Å²) in [6.45, 7) is 11.0. The van der Waals surface area contributed by atoms with Crippen molar-refractivity contribution in [3.8, 4) is 0 Å². The molecule has 1 fully saturated rings. The molecule has 124 valence electrons. The quantitative estimate of drug-likeness (QED) is 0.695. The van der Waals surface area contributed by atoms with Crippen molar-refractivity contribution in [3.05, 3.63) is 30.2 Å². The second-order valence-electron chi connectivity index (χ2n) is 7.30. The first-order valence-corrected chi connectivity index (χ1v) is 8.14. The van der Waals surface area contributed by atoms with Crippen LogP contribution in [0.1, 0.15) is 33.5 Å². The summed E-state index contributed by atoms with van der Waals surface area (Å²) in [5.41, 5.74) is 1.29. The fourth-order valence-electron chi connectivity index (χ4n) is 3.04. The number of guanidine groups is 1. The number of pyridine rings is 1. The van der Waals surface area contributed by atoms with Crippen LogP contribution in [0.25, 0.3) is 5.65 Å². The molecule has 0 aromatic carbocycles. The van der Waals surface area contributed by atoms with Crippen LogP contribution in [0.15, 0.2) is 29.4 Å². The highest BCUT2D eigenvalue weighted by atomic mass is 15.4. The number of aromatic nitrogens is 3. The highest BCUT2D eigenvalue weighted by Crippen LogP contribution is 2.46. The number of nitrogens with one attached hydrogen (secondary N) is 1. The van der Waals surface area contributed by atoms with E-state index in [9.17, 15) is 0 Å². The molecule has 3 rings (SSSR count). The van der Waals surface area contributed by atoms with Crippen LogP contribution in [0.4, 0.5) is 0 Å². The second-order valence-corrected chi connectivity index (χ2v) is 7.30. The molecule has 1 aliphatic rings. The zero-order chi connectivity index (χ0) is 16.7. The van der Waals surface area contributed by atoms with Gasteiger partial charge >= 0.3 is 0 Å². The van der Waals surface area contributed by atoms with Crippen LogP contribution in [0.3, 0.4) is 0 Å². The van der Waals surface area contributed by atoms with E-state index in [1.807, 2.05) is 35.8 Å². The van der Waals surface area contributed by atoms with E-state index in [-0.39, 0.29) is 5.54 Å². The van der Waals surface area contributed by atoms with Gasteiger partial charge in [0.1, 0.15) is 5.82 Å². The van der Waals surface area contributed by atoms with Crippen molar-refractivity contribution in [2.45, 2.75) is 39.7 Å². The molecule has 0 unspecified atom stereocenters. The number of fused-ring (bicyclic) bond motifs is 1. The van der Waals surface area contributed by atoms with Crippen molar-refractivity contribution in [1.82, 2.24) is 24.8 Å². The van der Waals surface area contributed by atoms with Crippen LogP contribution < -0.4 is 5.32 Å². The van der Waals surface area contributed by atoms with E-state index in [4.69, 9.17) is 0 Å². The Morgan fingerprint density at radius 3 is 2.70 bits per heavy atom. The van der Waals surface area contributed by atoms with Gasteiger partial charge in [0, 0.05) is 43.7 Å². The summed E-state index contributed by atoms with van der Waals surface area (Å²) in [6.07, 6.45) is 2.81. The zero-order valence-electron chi connectivity index (χ0n) is 14.7. The van der Waals surface area contributed by atoms with E-state index in [1.165, 1.54) is 0 Å². The monoisotopic (exact) mass is 314 g/mol. The third-order valence-electron chi connectivity index (χ3n) is 5.37. The summed E-state index contributed by atoms with van der Waals surface area (Å²) >= 11 is 0. The number of hydrogen-bond donors (Lipinski definition) is 1. The Kier molecular flexibility index (Phi) is 3.78. The molecule has 0 spiro atoms. The highest BCUT2D eigenvalue weighted by molar-refractivity contribution is 5.82. The molecule has 0 atom stereocenters. The van der Waals surface area contributed by atoms with Gasteiger partial charge in [-0.15, -0.1) is 10.2 Å². The molecule has 1 saturated heterocycles. The van der Waals surface area contributed by atoms with Gasteiger partial charge in [0.25, 0.3) is 0 Å². The molecule has 0 amide bonds. The molecule has 0 aliphatic carbocycles. The van der Waals surface area contributed by atoms with E-state index in [0.717, 1.165) is 36.9 Å². The molecule has 1 N–H and O–H groups in total. The molecular weight excluding hydrogens is 288 g/mol. The van der Waals surface area contributed by atoms with Gasteiger partial charge in [0.2, 0.25) is 0 Å². The fourth-order valence-corrected chi connectivity index (χ4v) is 3.04. The average Bonchev–Trinajstić information content (AvgIpc) is 2.93. The Balaban J connectivity index is 1.62. The molecule has 2 aromatic heterocycles. The van der Waals surface area contributed by atoms with E-state index < -0.39 is 0 Å². The van der Waals surface area contributed by atoms with Crippen LogP contribution in [0, 0.1) is 5.41 Å². The Morgan fingerprint density at radius 2 is 2.04 bits per heavy atom. The minimum atomic E-state index is 0.108. The first kappa shape index (κ1) is 15.8. The van der Waals surface area contributed by atoms with Crippen molar-refractivity contribution in [2.24, 2.45) is 10.4 Å².